The number of rotatable bonds is 4. The van der Waals surface area contributed by atoms with Crippen molar-refractivity contribution in [2.24, 2.45) is 17.4 Å². The molecule has 1 aromatic rings. The number of nitrogens with zero attached hydrogens (tertiary/aromatic N) is 2. The first-order valence-corrected chi connectivity index (χ1v) is 7.66. The molecule has 116 valence electrons. The largest absolute Gasteiger partial charge is 0.371 e. The highest BCUT2D eigenvalue weighted by molar-refractivity contribution is 5.99. The number of anilines is 1. The number of aryl methyl sites for hydroxylation is 2. The van der Waals surface area contributed by atoms with Crippen LogP contribution in [0.3, 0.4) is 0 Å². The molecule has 1 aliphatic carbocycles. The van der Waals surface area contributed by atoms with Crippen molar-refractivity contribution < 1.29 is 4.79 Å². The zero-order chi connectivity index (χ0) is 15.6. The van der Waals surface area contributed by atoms with Gasteiger partial charge < -0.3 is 16.4 Å². The number of pyridine rings is 1. The van der Waals surface area contributed by atoms with Crippen molar-refractivity contribution in [3.05, 3.63) is 23.0 Å². The molecular weight excluding hydrogens is 264 g/mol. The van der Waals surface area contributed by atoms with Crippen molar-refractivity contribution in [1.29, 1.82) is 0 Å². The Morgan fingerprint density at radius 2 is 2.05 bits per heavy atom. The summed E-state index contributed by atoms with van der Waals surface area (Å²) in [6, 6.07) is 2.32. The molecular formula is C16H26N4O. The summed E-state index contributed by atoms with van der Waals surface area (Å²) >= 11 is 0. The van der Waals surface area contributed by atoms with Gasteiger partial charge in [0.1, 0.15) is 0 Å². The van der Waals surface area contributed by atoms with Gasteiger partial charge in [0, 0.05) is 18.8 Å². The van der Waals surface area contributed by atoms with E-state index in [9.17, 15) is 4.79 Å². The lowest BCUT2D eigenvalue weighted by Crippen LogP contribution is -2.44. The number of primary amides is 1. The lowest BCUT2D eigenvalue weighted by Gasteiger charge is -2.39. The van der Waals surface area contributed by atoms with Crippen LogP contribution in [0.2, 0.25) is 0 Å². The molecule has 1 aromatic heterocycles. The predicted molar refractivity (Wildman–Crippen MR) is 85.4 cm³/mol. The zero-order valence-corrected chi connectivity index (χ0v) is 13.2. The summed E-state index contributed by atoms with van der Waals surface area (Å²) in [5.41, 5.74) is 14.5. The Kier molecular flexibility index (Phi) is 4.83. The Morgan fingerprint density at radius 1 is 1.38 bits per heavy atom. The monoisotopic (exact) mass is 290 g/mol. The summed E-state index contributed by atoms with van der Waals surface area (Å²) < 4.78 is 0. The minimum Gasteiger partial charge on any atom is -0.371 e. The van der Waals surface area contributed by atoms with Gasteiger partial charge in [-0.2, -0.15) is 0 Å². The third kappa shape index (κ3) is 3.18. The minimum atomic E-state index is -0.415. The smallest absolute Gasteiger partial charge is 0.252 e. The van der Waals surface area contributed by atoms with E-state index in [0.29, 0.717) is 29.8 Å². The first-order chi connectivity index (χ1) is 9.95. The van der Waals surface area contributed by atoms with E-state index in [2.05, 4.69) is 9.88 Å². The number of amides is 1. The van der Waals surface area contributed by atoms with Crippen LogP contribution in [0.15, 0.2) is 6.07 Å². The molecule has 0 saturated heterocycles. The fourth-order valence-electron chi connectivity index (χ4n) is 3.54. The van der Waals surface area contributed by atoms with Gasteiger partial charge in [-0.05, 0) is 45.2 Å². The third-order valence-corrected chi connectivity index (χ3v) is 4.60. The molecule has 4 N–H and O–H groups in total. The van der Waals surface area contributed by atoms with E-state index in [1.165, 1.54) is 12.8 Å². The highest BCUT2D eigenvalue weighted by Crippen LogP contribution is 2.32. The number of carbonyl (C=O) groups is 1. The van der Waals surface area contributed by atoms with Crippen molar-refractivity contribution in [1.82, 2.24) is 4.98 Å². The maximum absolute atomic E-state index is 11.8. The van der Waals surface area contributed by atoms with Crippen LogP contribution in [-0.4, -0.2) is 30.5 Å². The van der Waals surface area contributed by atoms with Gasteiger partial charge in [0.2, 0.25) is 0 Å². The van der Waals surface area contributed by atoms with Crippen LogP contribution in [0.25, 0.3) is 0 Å². The van der Waals surface area contributed by atoms with Crippen LogP contribution in [0.1, 0.15) is 47.4 Å². The van der Waals surface area contributed by atoms with Crippen LogP contribution >= 0.6 is 0 Å². The number of hydrogen-bond acceptors (Lipinski definition) is 4. The molecule has 21 heavy (non-hydrogen) atoms. The maximum Gasteiger partial charge on any atom is 0.252 e. The van der Waals surface area contributed by atoms with Crippen LogP contribution in [0.4, 0.5) is 5.69 Å². The minimum absolute atomic E-state index is 0.364. The normalized spacial score (nSPS) is 22.1. The molecule has 2 rings (SSSR count). The second-order valence-electron chi connectivity index (χ2n) is 6.07. The molecule has 0 bridgehead atoms. The number of carbonyl (C=O) groups excluding carboxylic acids is 1. The standard InChI is InChI=1S/C16H26N4O/c1-10-8-14(15(16(18)21)11(2)19-10)20(3)13-7-5-4-6-12(13)9-17/h8,12-13H,4-7,9,17H2,1-3H3,(H2,18,21). The molecule has 2 unspecified atom stereocenters. The molecule has 5 nitrogen and oxygen atoms in total. The van der Waals surface area contributed by atoms with Crippen molar-refractivity contribution in [2.75, 3.05) is 18.5 Å². The molecule has 0 radical (unpaired) electrons. The molecule has 1 heterocycles. The van der Waals surface area contributed by atoms with Crippen LogP contribution in [0, 0.1) is 19.8 Å². The van der Waals surface area contributed by atoms with Crippen molar-refractivity contribution in [3.63, 3.8) is 0 Å². The Morgan fingerprint density at radius 3 is 2.67 bits per heavy atom. The summed E-state index contributed by atoms with van der Waals surface area (Å²) in [5.74, 6) is 0.0558. The predicted octanol–water partition coefficient (Wildman–Crippen LogP) is 1.75. The molecule has 1 saturated carbocycles. The van der Waals surface area contributed by atoms with E-state index < -0.39 is 5.91 Å². The highest BCUT2D eigenvalue weighted by atomic mass is 16.1. The van der Waals surface area contributed by atoms with Gasteiger partial charge in [-0.25, -0.2) is 0 Å². The molecule has 1 fully saturated rings. The molecule has 0 spiro atoms. The Labute approximate surface area is 126 Å². The lowest BCUT2D eigenvalue weighted by molar-refractivity contribution is 0.0999. The summed E-state index contributed by atoms with van der Waals surface area (Å²) in [6.07, 6.45) is 4.71. The molecule has 1 amide bonds. The lowest BCUT2D eigenvalue weighted by atomic mass is 9.83. The summed E-state index contributed by atoms with van der Waals surface area (Å²) in [6.45, 7) is 4.46. The highest BCUT2D eigenvalue weighted by Gasteiger charge is 2.29. The Balaban J connectivity index is 2.42. The van der Waals surface area contributed by atoms with Gasteiger partial charge in [0.25, 0.3) is 5.91 Å². The van der Waals surface area contributed by atoms with Crippen LogP contribution < -0.4 is 16.4 Å². The summed E-state index contributed by atoms with van der Waals surface area (Å²) in [5, 5.41) is 0. The van der Waals surface area contributed by atoms with E-state index in [1.807, 2.05) is 27.0 Å². The van der Waals surface area contributed by atoms with E-state index in [-0.39, 0.29) is 0 Å². The zero-order valence-electron chi connectivity index (χ0n) is 13.2. The van der Waals surface area contributed by atoms with E-state index in [4.69, 9.17) is 11.5 Å². The molecule has 0 aliphatic heterocycles. The third-order valence-electron chi connectivity index (χ3n) is 4.60. The molecule has 2 atom stereocenters. The van der Waals surface area contributed by atoms with Crippen LogP contribution in [0.5, 0.6) is 0 Å². The molecule has 5 heteroatoms. The van der Waals surface area contributed by atoms with Gasteiger partial charge in [-0.3, -0.25) is 9.78 Å². The second kappa shape index (κ2) is 6.43. The Bertz CT molecular complexity index is 529. The van der Waals surface area contributed by atoms with Gasteiger partial charge >= 0.3 is 0 Å². The van der Waals surface area contributed by atoms with Gasteiger partial charge in [-0.1, -0.05) is 12.8 Å². The number of aromatic nitrogens is 1. The Hall–Kier alpha value is -1.62. The average Bonchev–Trinajstić information content (AvgIpc) is 2.45. The topological polar surface area (TPSA) is 85.2 Å². The number of hydrogen-bond donors (Lipinski definition) is 2. The molecule has 1 aliphatic rings. The van der Waals surface area contributed by atoms with E-state index >= 15 is 0 Å². The van der Waals surface area contributed by atoms with E-state index in [1.54, 1.807) is 0 Å². The summed E-state index contributed by atoms with van der Waals surface area (Å²) in [7, 11) is 2.04. The maximum atomic E-state index is 11.8. The SMILES string of the molecule is Cc1cc(N(C)C2CCCCC2CN)c(C(N)=O)c(C)n1. The van der Waals surface area contributed by atoms with Crippen LogP contribution in [-0.2, 0) is 0 Å². The van der Waals surface area contributed by atoms with Gasteiger partial charge in [-0.15, -0.1) is 0 Å². The second-order valence-corrected chi connectivity index (χ2v) is 6.07. The first-order valence-electron chi connectivity index (χ1n) is 7.66. The number of nitrogens with two attached hydrogens (primary N) is 2. The fourth-order valence-corrected chi connectivity index (χ4v) is 3.54. The fraction of sp³-hybridized carbons (Fsp3) is 0.625. The summed E-state index contributed by atoms with van der Waals surface area (Å²) in [4.78, 5) is 18.4. The van der Waals surface area contributed by atoms with Crippen molar-refractivity contribution in [3.8, 4) is 0 Å². The quantitative estimate of drug-likeness (QED) is 0.884. The van der Waals surface area contributed by atoms with E-state index in [0.717, 1.165) is 24.2 Å². The van der Waals surface area contributed by atoms with Crippen molar-refractivity contribution in [2.45, 2.75) is 45.6 Å². The average molecular weight is 290 g/mol. The van der Waals surface area contributed by atoms with Gasteiger partial charge in [0.15, 0.2) is 0 Å². The van der Waals surface area contributed by atoms with Gasteiger partial charge in [0.05, 0.1) is 16.9 Å². The molecule has 0 aromatic carbocycles. The first kappa shape index (κ1) is 15.8. The van der Waals surface area contributed by atoms with Crippen molar-refractivity contribution >= 4 is 11.6 Å².